The molecule has 1 aromatic heterocycles. The van der Waals surface area contributed by atoms with Gasteiger partial charge in [-0.2, -0.15) is 0 Å². The number of rotatable bonds is 2. The molecule has 2 aliphatic heterocycles. The Morgan fingerprint density at radius 1 is 1.35 bits per heavy atom. The lowest BCUT2D eigenvalue weighted by atomic mass is 10.1. The largest absolute Gasteiger partial charge is 0.316 e. The van der Waals surface area contributed by atoms with E-state index in [9.17, 15) is 9.59 Å². The quantitative estimate of drug-likeness (QED) is 0.743. The Balaban J connectivity index is 1.84. The lowest BCUT2D eigenvalue weighted by Gasteiger charge is -2.17. The molecule has 0 aliphatic carbocycles. The molecule has 0 bridgehead atoms. The number of pyridine rings is 1. The maximum absolute atomic E-state index is 12.1. The van der Waals surface area contributed by atoms with Crippen LogP contribution in [0.2, 0.25) is 0 Å². The molecule has 1 aromatic rings. The molecule has 3 heterocycles. The van der Waals surface area contributed by atoms with Crippen LogP contribution in [0.5, 0.6) is 0 Å². The fourth-order valence-electron chi connectivity index (χ4n) is 2.43. The van der Waals surface area contributed by atoms with Gasteiger partial charge in [0.2, 0.25) is 0 Å². The Morgan fingerprint density at radius 2 is 2.18 bits per heavy atom. The topological polar surface area (TPSA) is 62.3 Å². The number of carbonyl (C=O) groups is 2. The Labute approximate surface area is 98.8 Å². The van der Waals surface area contributed by atoms with Crippen molar-refractivity contribution in [2.45, 2.75) is 6.42 Å². The summed E-state index contributed by atoms with van der Waals surface area (Å²) in [4.78, 5) is 29.3. The van der Waals surface area contributed by atoms with Crippen LogP contribution in [0.3, 0.4) is 0 Å². The monoisotopic (exact) mass is 231 g/mol. The Kier molecular flexibility index (Phi) is 2.40. The van der Waals surface area contributed by atoms with E-state index in [1.165, 1.54) is 11.1 Å². The predicted octanol–water partition coefficient (Wildman–Crippen LogP) is 0.287. The van der Waals surface area contributed by atoms with Gasteiger partial charge in [-0.3, -0.25) is 19.5 Å². The van der Waals surface area contributed by atoms with Crippen LogP contribution in [-0.2, 0) is 0 Å². The lowest BCUT2D eigenvalue weighted by molar-refractivity contribution is 0.0633. The highest BCUT2D eigenvalue weighted by molar-refractivity contribution is 6.21. The summed E-state index contributed by atoms with van der Waals surface area (Å²) in [6.07, 6.45) is 4.04. The fraction of sp³-hybridized carbons (Fsp3) is 0.417. The number of hydrogen-bond donors (Lipinski definition) is 1. The molecule has 0 spiro atoms. The summed E-state index contributed by atoms with van der Waals surface area (Å²) < 4.78 is 0. The minimum Gasteiger partial charge on any atom is -0.316 e. The summed E-state index contributed by atoms with van der Waals surface area (Å²) in [6, 6.07) is 1.61. The van der Waals surface area contributed by atoms with Crippen LogP contribution >= 0.6 is 0 Å². The summed E-state index contributed by atoms with van der Waals surface area (Å²) >= 11 is 0. The predicted molar refractivity (Wildman–Crippen MR) is 60.6 cm³/mol. The molecule has 0 radical (unpaired) electrons. The molecule has 5 nitrogen and oxygen atoms in total. The highest BCUT2D eigenvalue weighted by Crippen LogP contribution is 2.23. The minimum absolute atomic E-state index is 0.181. The molecule has 0 aromatic carbocycles. The Bertz CT molecular complexity index is 445. The van der Waals surface area contributed by atoms with Gasteiger partial charge in [0.1, 0.15) is 0 Å². The summed E-state index contributed by atoms with van der Waals surface area (Å²) in [5, 5.41) is 3.24. The van der Waals surface area contributed by atoms with E-state index in [0.717, 1.165) is 19.5 Å². The van der Waals surface area contributed by atoms with Gasteiger partial charge in [0.25, 0.3) is 11.8 Å². The van der Waals surface area contributed by atoms with Crippen molar-refractivity contribution in [3.63, 3.8) is 0 Å². The highest BCUT2D eigenvalue weighted by atomic mass is 16.2. The number of nitrogens with zero attached hydrogens (tertiary/aromatic N) is 2. The van der Waals surface area contributed by atoms with E-state index in [4.69, 9.17) is 0 Å². The van der Waals surface area contributed by atoms with Gasteiger partial charge in [0, 0.05) is 18.9 Å². The van der Waals surface area contributed by atoms with Crippen molar-refractivity contribution in [3.8, 4) is 0 Å². The summed E-state index contributed by atoms with van der Waals surface area (Å²) in [7, 11) is 0. The molecule has 5 heteroatoms. The maximum Gasteiger partial charge on any atom is 0.263 e. The van der Waals surface area contributed by atoms with Crippen LogP contribution in [0.15, 0.2) is 18.5 Å². The molecule has 2 aliphatic rings. The molecule has 1 unspecified atom stereocenters. The Hall–Kier alpha value is -1.75. The average molecular weight is 231 g/mol. The number of hydrogen-bond acceptors (Lipinski definition) is 4. The van der Waals surface area contributed by atoms with Crippen molar-refractivity contribution < 1.29 is 9.59 Å². The van der Waals surface area contributed by atoms with E-state index in [1.807, 2.05) is 0 Å². The van der Waals surface area contributed by atoms with Crippen LogP contribution in [0.1, 0.15) is 27.1 Å². The number of aromatic nitrogens is 1. The summed E-state index contributed by atoms with van der Waals surface area (Å²) in [5.74, 6) is -0.00512. The van der Waals surface area contributed by atoms with E-state index in [0.29, 0.717) is 23.6 Å². The average Bonchev–Trinajstić information content (AvgIpc) is 2.94. The molecule has 1 saturated heterocycles. The standard InChI is InChI=1S/C12H13N3O2/c16-11-9-2-4-14-6-10(9)12(17)15(11)7-8-1-3-13-5-8/h2,4,6,8,13H,1,3,5,7H2. The second-order valence-corrected chi connectivity index (χ2v) is 4.50. The van der Waals surface area contributed by atoms with Gasteiger partial charge >= 0.3 is 0 Å². The second-order valence-electron chi connectivity index (χ2n) is 4.50. The smallest absolute Gasteiger partial charge is 0.263 e. The molecule has 2 amide bonds. The molecule has 88 valence electrons. The molecule has 1 N–H and O–H groups in total. The zero-order chi connectivity index (χ0) is 11.8. The third kappa shape index (κ3) is 1.63. The second kappa shape index (κ2) is 3.92. The van der Waals surface area contributed by atoms with E-state index in [1.54, 1.807) is 12.3 Å². The van der Waals surface area contributed by atoms with Crippen molar-refractivity contribution in [1.29, 1.82) is 0 Å². The summed E-state index contributed by atoms with van der Waals surface area (Å²) in [6.45, 7) is 2.36. The Morgan fingerprint density at radius 3 is 2.88 bits per heavy atom. The molecular formula is C12H13N3O2. The normalized spacial score (nSPS) is 23.3. The SMILES string of the molecule is O=C1c2ccncc2C(=O)N1CC1CCNC1. The molecular weight excluding hydrogens is 218 g/mol. The first-order valence-electron chi connectivity index (χ1n) is 5.78. The van der Waals surface area contributed by atoms with E-state index in [-0.39, 0.29) is 11.8 Å². The highest BCUT2D eigenvalue weighted by Gasteiger charge is 2.37. The minimum atomic E-state index is -0.204. The van der Waals surface area contributed by atoms with Gasteiger partial charge in [-0.25, -0.2) is 0 Å². The van der Waals surface area contributed by atoms with Gasteiger partial charge in [-0.05, 0) is 31.5 Å². The van der Waals surface area contributed by atoms with Gasteiger partial charge in [-0.15, -0.1) is 0 Å². The van der Waals surface area contributed by atoms with E-state index < -0.39 is 0 Å². The van der Waals surface area contributed by atoms with E-state index >= 15 is 0 Å². The fourth-order valence-corrected chi connectivity index (χ4v) is 2.43. The van der Waals surface area contributed by atoms with Crippen molar-refractivity contribution in [1.82, 2.24) is 15.2 Å². The zero-order valence-electron chi connectivity index (χ0n) is 9.35. The lowest BCUT2D eigenvalue weighted by Crippen LogP contribution is -2.35. The third-order valence-electron chi connectivity index (χ3n) is 3.38. The molecule has 0 saturated carbocycles. The molecule has 1 fully saturated rings. The number of imide groups is 1. The van der Waals surface area contributed by atoms with Crippen LogP contribution in [0, 0.1) is 5.92 Å². The van der Waals surface area contributed by atoms with Gasteiger partial charge in [0.15, 0.2) is 0 Å². The zero-order valence-corrected chi connectivity index (χ0v) is 9.35. The first-order chi connectivity index (χ1) is 8.27. The van der Waals surface area contributed by atoms with Crippen LogP contribution in [0.4, 0.5) is 0 Å². The number of nitrogens with one attached hydrogen (secondary N) is 1. The van der Waals surface area contributed by atoms with E-state index in [2.05, 4.69) is 10.3 Å². The summed E-state index contributed by atoms with van der Waals surface area (Å²) in [5.41, 5.74) is 0.916. The molecule has 3 rings (SSSR count). The maximum atomic E-state index is 12.1. The van der Waals surface area contributed by atoms with Gasteiger partial charge in [0.05, 0.1) is 11.1 Å². The van der Waals surface area contributed by atoms with Gasteiger partial charge < -0.3 is 5.32 Å². The number of fused-ring (bicyclic) bond motifs is 1. The van der Waals surface area contributed by atoms with Gasteiger partial charge in [-0.1, -0.05) is 0 Å². The third-order valence-corrected chi connectivity index (χ3v) is 3.38. The van der Waals surface area contributed by atoms with Crippen LogP contribution in [-0.4, -0.2) is 41.3 Å². The molecule has 17 heavy (non-hydrogen) atoms. The number of carbonyl (C=O) groups excluding carboxylic acids is 2. The number of amides is 2. The first-order valence-corrected chi connectivity index (χ1v) is 5.78. The van der Waals surface area contributed by atoms with Crippen molar-refractivity contribution in [2.75, 3.05) is 19.6 Å². The molecule has 1 atom stereocenters. The first kappa shape index (κ1) is 10.4. The van der Waals surface area contributed by atoms with Crippen molar-refractivity contribution in [3.05, 3.63) is 29.6 Å². The van der Waals surface area contributed by atoms with Crippen LogP contribution < -0.4 is 5.32 Å². The van der Waals surface area contributed by atoms with Crippen molar-refractivity contribution >= 4 is 11.8 Å². The van der Waals surface area contributed by atoms with Crippen molar-refractivity contribution in [2.24, 2.45) is 5.92 Å². The van der Waals surface area contributed by atoms with Crippen LogP contribution in [0.25, 0.3) is 0 Å².